The maximum atomic E-state index is 11.4. The predicted molar refractivity (Wildman–Crippen MR) is 108 cm³/mol. The Morgan fingerprint density at radius 3 is 2.57 bits per heavy atom. The molecule has 1 fully saturated rings. The summed E-state index contributed by atoms with van der Waals surface area (Å²) in [5.41, 5.74) is 1.30. The lowest BCUT2D eigenvalue weighted by molar-refractivity contribution is -0.140. The van der Waals surface area contributed by atoms with Gasteiger partial charge in [0.05, 0.1) is 12.4 Å². The zero-order valence-corrected chi connectivity index (χ0v) is 16.7. The van der Waals surface area contributed by atoms with E-state index in [-0.39, 0.29) is 12.0 Å². The van der Waals surface area contributed by atoms with E-state index < -0.39 is 18.1 Å². The number of aliphatic carboxylic acids is 1. The molecule has 2 aromatic rings. The van der Waals surface area contributed by atoms with Crippen molar-refractivity contribution in [3.05, 3.63) is 6.33 Å². The number of anilines is 2. The van der Waals surface area contributed by atoms with Gasteiger partial charge in [0.2, 0.25) is 5.95 Å². The fourth-order valence-electron chi connectivity index (χ4n) is 3.64. The van der Waals surface area contributed by atoms with Crippen molar-refractivity contribution >= 4 is 28.9 Å². The predicted octanol–water partition coefficient (Wildman–Crippen LogP) is 2.65. The van der Waals surface area contributed by atoms with Crippen molar-refractivity contribution in [1.82, 2.24) is 19.5 Å². The number of carboxylic acids is 1. The molecule has 0 aliphatic heterocycles. The van der Waals surface area contributed by atoms with Crippen LogP contribution in [0.4, 0.5) is 11.8 Å². The van der Waals surface area contributed by atoms with Crippen molar-refractivity contribution in [2.75, 3.05) is 17.2 Å². The molecular weight excluding hydrogens is 360 g/mol. The second kappa shape index (κ2) is 8.72. The van der Waals surface area contributed by atoms with Crippen molar-refractivity contribution in [2.45, 2.75) is 71.1 Å². The molecule has 28 heavy (non-hydrogen) atoms. The largest absolute Gasteiger partial charge is 0.480 e. The molecule has 2 aromatic heterocycles. The topological polar surface area (TPSA) is 125 Å². The average molecular weight is 390 g/mol. The number of rotatable bonds is 8. The van der Waals surface area contributed by atoms with Crippen LogP contribution >= 0.6 is 0 Å². The van der Waals surface area contributed by atoms with E-state index in [0.29, 0.717) is 22.9 Å². The van der Waals surface area contributed by atoms with Crippen LogP contribution in [0.15, 0.2) is 6.33 Å². The van der Waals surface area contributed by atoms with Gasteiger partial charge in [0, 0.05) is 12.6 Å². The van der Waals surface area contributed by atoms with Crippen molar-refractivity contribution in [3.8, 4) is 0 Å². The minimum absolute atomic E-state index is 0.144. The van der Waals surface area contributed by atoms with Gasteiger partial charge in [-0.3, -0.25) is 0 Å². The van der Waals surface area contributed by atoms with Crippen LogP contribution in [-0.4, -0.2) is 54.4 Å². The first-order valence-electron chi connectivity index (χ1n) is 10.0. The summed E-state index contributed by atoms with van der Waals surface area (Å²) in [4.78, 5) is 24.9. The first kappa shape index (κ1) is 20.3. The maximum Gasteiger partial charge on any atom is 0.328 e. The van der Waals surface area contributed by atoms with Gasteiger partial charge in [0.1, 0.15) is 0 Å². The van der Waals surface area contributed by atoms with E-state index in [2.05, 4.69) is 25.6 Å². The molecule has 1 aliphatic carbocycles. The zero-order valence-electron chi connectivity index (χ0n) is 16.7. The number of nitrogens with one attached hydrogen (secondary N) is 2. The van der Waals surface area contributed by atoms with Gasteiger partial charge in [-0.1, -0.05) is 19.3 Å². The molecule has 1 saturated carbocycles. The molecule has 9 heteroatoms. The fourth-order valence-corrected chi connectivity index (χ4v) is 3.64. The number of nitrogens with zero attached hydrogens (tertiary/aromatic N) is 4. The molecular formula is C19H30N6O3. The van der Waals surface area contributed by atoms with Gasteiger partial charge >= 0.3 is 5.97 Å². The highest BCUT2D eigenvalue weighted by atomic mass is 16.4. The van der Waals surface area contributed by atoms with E-state index >= 15 is 0 Å². The number of hydrogen-bond donors (Lipinski definition) is 4. The number of hydrogen-bond acceptors (Lipinski definition) is 7. The Balaban J connectivity index is 1.92. The third kappa shape index (κ3) is 4.52. The van der Waals surface area contributed by atoms with Crippen molar-refractivity contribution in [3.63, 3.8) is 0 Å². The molecule has 4 N–H and O–H groups in total. The summed E-state index contributed by atoms with van der Waals surface area (Å²) in [5.74, 6) is 0.195. The second-order valence-electron chi connectivity index (χ2n) is 7.90. The van der Waals surface area contributed by atoms with Gasteiger partial charge in [-0.05, 0) is 39.5 Å². The van der Waals surface area contributed by atoms with Crippen molar-refractivity contribution < 1.29 is 15.0 Å². The number of aromatic nitrogens is 4. The highest BCUT2D eigenvalue weighted by molar-refractivity contribution is 5.85. The van der Waals surface area contributed by atoms with Gasteiger partial charge in [0.25, 0.3) is 0 Å². The summed E-state index contributed by atoms with van der Waals surface area (Å²) in [6, 6.07) is -1.05. The van der Waals surface area contributed by atoms with Crippen LogP contribution in [0, 0.1) is 5.92 Å². The fraction of sp³-hybridized carbons (Fsp3) is 0.684. The molecule has 9 nitrogen and oxygen atoms in total. The minimum Gasteiger partial charge on any atom is -0.480 e. The Morgan fingerprint density at radius 1 is 1.25 bits per heavy atom. The molecule has 0 aromatic carbocycles. The first-order valence-corrected chi connectivity index (χ1v) is 10.0. The molecule has 0 spiro atoms. The third-order valence-corrected chi connectivity index (χ3v) is 5.29. The van der Waals surface area contributed by atoms with E-state index in [1.807, 2.05) is 18.4 Å². The number of imidazole rings is 1. The summed E-state index contributed by atoms with van der Waals surface area (Å²) in [6.45, 7) is 6.28. The molecule has 3 rings (SSSR count). The molecule has 0 amide bonds. The van der Waals surface area contributed by atoms with Crippen LogP contribution in [0.25, 0.3) is 11.2 Å². The molecule has 2 heterocycles. The second-order valence-corrected chi connectivity index (χ2v) is 7.90. The molecule has 0 radical (unpaired) electrons. The maximum absolute atomic E-state index is 11.4. The molecule has 0 saturated heterocycles. The Bertz CT molecular complexity index is 813. The number of fused-ring (bicyclic) bond motifs is 1. The van der Waals surface area contributed by atoms with Crippen LogP contribution in [-0.2, 0) is 4.79 Å². The highest BCUT2D eigenvalue weighted by Gasteiger charge is 2.25. The smallest absolute Gasteiger partial charge is 0.328 e. The van der Waals surface area contributed by atoms with Crippen molar-refractivity contribution in [2.24, 2.45) is 5.92 Å². The van der Waals surface area contributed by atoms with Crippen LogP contribution in [0.1, 0.15) is 58.9 Å². The van der Waals surface area contributed by atoms with Gasteiger partial charge in [0.15, 0.2) is 23.0 Å². The van der Waals surface area contributed by atoms with Gasteiger partial charge in [-0.25, -0.2) is 9.78 Å². The summed E-state index contributed by atoms with van der Waals surface area (Å²) in [7, 11) is 0. The van der Waals surface area contributed by atoms with Gasteiger partial charge in [-0.15, -0.1) is 0 Å². The summed E-state index contributed by atoms with van der Waals surface area (Å²) < 4.78 is 1.92. The molecule has 2 unspecified atom stereocenters. The number of aliphatic hydroxyl groups is 1. The molecule has 154 valence electrons. The van der Waals surface area contributed by atoms with Crippen LogP contribution in [0.3, 0.4) is 0 Å². The summed E-state index contributed by atoms with van der Waals surface area (Å²) >= 11 is 0. The summed E-state index contributed by atoms with van der Waals surface area (Å²) in [5, 5.41) is 25.3. The summed E-state index contributed by atoms with van der Waals surface area (Å²) in [6.07, 6.45) is 6.86. The Hall–Kier alpha value is -2.42. The lowest BCUT2D eigenvalue weighted by atomic mass is 9.89. The normalized spacial score (nSPS) is 17.6. The lowest BCUT2D eigenvalue weighted by Crippen LogP contribution is -2.39. The van der Waals surface area contributed by atoms with Crippen LogP contribution < -0.4 is 10.6 Å². The lowest BCUT2D eigenvalue weighted by Gasteiger charge is -2.22. The van der Waals surface area contributed by atoms with E-state index in [1.165, 1.54) is 39.0 Å². The molecule has 0 bridgehead atoms. The van der Waals surface area contributed by atoms with Gasteiger partial charge < -0.3 is 25.4 Å². The minimum atomic E-state index is -1.20. The average Bonchev–Trinajstić information content (AvgIpc) is 3.09. The number of aliphatic hydroxyl groups excluding tert-OH is 1. The Morgan fingerprint density at radius 2 is 1.96 bits per heavy atom. The highest BCUT2D eigenvalue weighted by Crippen LogP contribution is 2.27. The van der Waals surface area contributed by atoms with Crippen LogP contribution in [0.2, 0.25) is 0 Å². The van der Waals surface area contributed by atoms with E-state index in [4.69, 9.17) is 0 Å². The van der Waals surface area contributed by atoms with E-state index in [0.717, 1.165) is 6.54 Å². The number of carboxylic acid groups (broad SMARTS) is 1. The Kier molecular flexibility index (Phi) is 6.33. The zero-order chi connectivity index (χ0) is 20.3. The monoisotopic (exact) mass is 390 g/mol. The molecule has 1 aliphatic rings. The van der Waals surface area contributed by atoms with Crippen molar-refractivity contribution in [1.29, 1.82) is 0 Å². The van der Waals surface area contributed by atoms with Crippen LogP contribution in [0.5, 0.6) is 0 Å². The quantitative estimate of drug-likeness (QED) is 0.542. The van der Waals surface area contributed by atoms with E-state index in [1.54, 1.807) is 6.33 Å². The SMILES string of the molecule is CC(O)C(Nc1nc(NCC2CCCCC2)c2ncn(C(C)C)c2n1)C(=O)O. The first-order chi connectivity index (χ1) is 13.4. The third-order valence-electron chi connectivity index (χ3n) is 5.29. The van der Waals surface area contributed by atoms with Gasteiger partial charge in [-0.2, -0.15) is 9.97 Å². The molecule has 2 atom stereocenters. The Labute approximate surface area is 164 Å². The van der Waals surface area contributed by atoms with E-state index in [9.17, 15) is 15.0 Å². The standard InChI is InChI=1S/C19H30N6O3/c1-11(2)25-10-21-15-16(20-9-13-7-5-4-6-8-13)23-19(24-17(15)25)22-14(12(3)26)18(27)28/h10-14,26H,4-9H2,1-3H3,(H,27,28)(H2,20,22,23,24). The number of carbonyl (C=O) groups is 1.